The van der Waals surface area contributed by atoms with Crippen LogP contribution in [0.2, 0.25) is 0 Å². The molecule has 1 aromatic heterocycles. The van der Waals surface area contributed by atoms with Gasteiger partial charge in [-0.2, -0.15) is 5.10 Å². The molecule has 3 atom stereocenters. The number of hydrogen-bond acceptors (Lipinski definition) is 3. The summed E-state index contributed by atoms with van der Waals surface area (Å²) in [5.41, 5.74) is -0.461. The molecule has 0 radical (unpaired) electrons. The molecule has 4 heteroatoms. The maximum atomic E-state index is 10.7. The minimum atomic E-state index is -0.461. The minimum absolute atomic E-state index is 0.455. The van der Waals surface area contributed by atoms with E-state index in [0.717, 1.165) is 19.5 Å². The molecule has 1 aliphatic heterocycles. The van der Waals surface area contributed by atoms with Gasteiger partial charge in [-0.05, 0) is 45.2 Å². The molecule has 2 aliphatic rings. The quantitative estimate of drug-likeness (QED) is 0.918. The molecular weight excluding hydrogens is 250 g/mol. The summed E-state index contributed by atoms with van der Waals surface area (Å²) >= 11 is 0. The van der Waals surface area contributed by atoms with E-state index in [4.69, 9.17) is 0 Å². The summed E-state index contributed by atoms with van der Waals surface area (Å²) < 4.78 is 2.01. The SMILES string of the molecule is CC1(O)CCCCC1C1CCCN1CCn1cccn1. The lowest BCUT2D eigenvalue weighted by Crippen LogP contribution is -2.49. The Balaban J connectivity index is 1.62. The third-order valence-electron chi connectivity index (χ3n) is 5.30. The van der Waals surface area contributed by atoms with Crippen molar-refractivity contribution >= 4 is 0 Å². The molecular formula is C16H27N3O. The average Bonchev–Trinajstić information content (AvgIpc) is 3.07. The zero-order valence-electron chi connectivity index (χ0n) is 12.5. The largest absolute Gasteiger partial charge is 0.390 e. The Kier molecular flexibility index (Phi) is 4.13. The predicted molar refractivity (Wildman–Crippen MR) is 79.4 cm³/mol. The van der Waals surface area contributed by atoms with E-state index in [-0.39, 0.29) is 0 Å². The van der Waals surface area contributed by atoms with Crippen molar-refractivity contribution in [1.82, 2.24) is 14.7 Å². The van der Waals surface area contributed by atoms with Gasteiger partial charge in [0.2, 0.25) is 0 Å². The van der Waals surface area contributed by atoms with Crippen LogP contribution in [0, 0.1) is 5.92 Å². The Hall–Kier alpha value is -0.870. The van der Waals surface area contributed by atoms with Gasteiger partial charge >= 0.3 is 0 Å². The van der Waals surface area contributed by atoms with Crippen molar-refractivity contribution in [1.29, 1.82) is 0 Å². The summed E-state index contributed by atoms with van der Waals surface area (Å²) in [4.78, 5) is 2.59. The van der Waals surface area contributed by atoms with Gasteiger partial charge in [-0.1, -0.05) is 12.8 Å². The van der Waals surface area contributed by atoms with Crippen LogP contribution in [0.5, 0.6) is 0 Å². The summed E-state index contributed by atoms with van der Waals surface area (Å²) in [6, 6.07) is 2.55. The highest BCUT2D eigenvalue weighted by molar-refractivity contribution is 4.96. The monoisotopic (exact) mass is 277 g/mol. The molecule has 112 valence electrons. The fourth-order valence-corrected chi connectivity index (χ4v) is 4.20. The van der Waals surface area contributed by atoms with Gasteiger partial charge in [-0.3, -0.25) is 9.58 Å². The first-order valence-corrected chi connectivity index (χ1v) is 8.11. The van der Waals surface area contributed by atoms with Crippen LogP contribution in [0.15, 0.2) is 18.5 Å². The van der Waals surface area contributed by atoms with Crippen molar-refractivity contribution in [3.8, 4) is 0 Å². The van der Waals surface area contributed by atoms with Crippen LogP contribution in [0.1, 0.15) is 45.4 Å². The van der Waals surface area contributed by atoms with Crippen molar-refractivity contribution in [2.24, 2.45) is 5.92 Å². The van der Waals surface area contributed by atoms with E-state index >= 15 is 0 Å². The van der Waals surface area contributed by atoms with Gasteiger partial charge in [0.05, 0.1) is 12.1 Å². The highest BCUT2D eigenvalue weighted by atomic mass is 16.3. The first-order valence-electron chi connectivity index (χ1n) is 8.11. The molecule has 20 heavy (non-hydrogen) atoms. The van der Waals surface area contributed by atoms with Crippen LogP contribution in [0.4, 0.5) is 0 Å². The van der Waals surface area contributed by atoms with Gasteiger partial charge < -0.3 is 5.11 Å². The Labute approximate surface area is 121 Å². The molecule has 1 aliphatic carbocycles. The first-order chi connectivity index (χ1) is 9.67. The highest BCUT2D eigenvalue weighted by Crippen LogP contribution is 2.40. The van der Waals surface area contributed by atoms with Crippen LogP contribution in [0.25, 0.3) is 0 Å². The lowest BCUT2D eigenvalue weighted by molar-refractivity contribution is -0.0621. The number of aliphatic hydroxyl groups is 1. The molecule has 1 N–H and O–H groups in total. The zero-order valence-corrected chi connectivity index (χ0v) is 12.5. The van der Waals surface area contributed by atoms with Gasteiger partial charge in [0.25, 0.3) is 0 Å². The molecule has 2 fully saturated rings. The molecule has 0 bridgehead atoms. The van der Waals surface area contributed by atoms with Crippen molar-refractivity contribution < 1.29 is 5.11 Å². The topological polar surface area (TPSA) is 41.3 Å². The Bertz CT molecular complexity index is 415. The molecule has 1 saturated carbocycles. The molecule has 4 nitrogen and oxygen atoms in total. The fourth-order valence-electron chi connectivity index (χ4n) is 4.20. The van der Waals surface area contributed by atoms with E-state index in [1.807, 2.05) is 23.1 Å². The summed E-state index contributed by atoms with van der Waals surface area (Å²) in [5, 5.41) is 15.0. The van der Waals surface area contributed by atoms with Crippen LogP contribution < -0.4 is 0 Å². The zero-order chi connectivity index (χ0) is 14.0. The van der Waals surface area contributed by atoms with E-state index in [2.05, 4.69) is 16.9 Å². The molecule has 3 unspecified atom stereocenters. The average molecular weight is 277 g/mol. The van der Waals surface area contributed by atoms with Gasteiger partial charge in [0, 0.05) is 30.9 Å². The number of likely N-dealkylation sites (tertiary alicyclic amines) is 1. The van der Waals surface area contributed by atoms with Crippen LogP contribution in [-0.2, 0) is 6.54 Å². The lowest BCUT2D eigenvalue weighted by Gasteiger charge is -2.43. The molecule has 3 rings (SSSR count). The maximum Gasteiger partial charge on any atom is 0.0662 e. The molecule has 0 spiro atoms. The Morgan fingerprint density at radius 3 is 2.90 bits per heavy atom. The summed E-state index contributed by atoms with van der Waals surface area (Å²) in [5.74, 6) is 0.455. The third kappa shape index (κ3) is 2.91. The number of hydrogen-bond donors (Lipinski definition) is 1. The van der Waals surface area contributed by atoms with Crippen molar-refractivity contribution in [3.63, 3.8) is 0 Å². The maximum absolute atomic E-state index is 10.7. The van der Waals surface area contributed by atoms with E-state index in [9.17, 15) is 5.11 Å². The third-order valence-corrected chi connectivity index (χ3v) is 5.30. The Morgan fingerprint density at radius 1 is 1.25 bits per heavy atom. The number of nitrogens with zero attached hydrogens (tertiary/aromatic N) is 3. The second-order valence-electron chi connectivity index (χ2n) is 6.72. The van der Waals surface area contributed by atoms with Crippen LogP contribution in [-0.4, -0.2) is 44.5 Å². The van der Waals surface area contributed by atoms with Gasteiger partial charge in [0.1, 0.15) is 0 Å². The summed E-state index contributed by atoms with van der Waals surface area (Å²) in [6.45, 7) is 5.25. The smallest absolute Gasteiger partial charge is 0.0662 e. The molecule has 1 aromatic rings. The number of aromatic nitrogens is 2. The fraction of sp³-hybridized carbons (Fsp3) is 0.812. The van der Waals surface area contributed by atoms with Crippen molar-refractivity contribution in [2.75, 3.05) is 13.1 Å². The second-order valence-corrected chi connectivity index (χ2v) is 6.72. The Morgan fingerprint density at radius 2 is 2.15 bits per heavy atom. The first kappa shape index (κ1) is 14.1. The standard InChI is InChI=1S/C16H27N3O/c1-16(20)8-3-2-6-14(16)15-7-4-10-18(15)12-13-19-11-5-9-17-19/h5,9,11,14-15,20H,2-4,6-8,10,12-13H2,1H3. The van der Waals surface area contributed by atoms with Crippen LogP contribution >= 0.6 is 0 Å². The van der Waals surface area contributed by atoms with Gasteiger partial charge in [-0.15, -0.1) is 0 Å². The molecule has 1 saturated heterocycles. The molecule has 0 aromatic carbocycles. The minimum Gasteiger partial charge on any atom is -0.390 e. The lowest BCUT2D eigenvalue weighted by atomic mass is 9.72. The van der Waals surface area contributed by atoms with E-state index < -0.39 is 5.60 Å². The summed E-state index contributed by atoms with van der Waals surface area (Å²) in [6.07, 6.45) is 11.0. The van der Waals surface area contributed by atoms with E-state index in [0.29, 0.717) is 12.0 Å². The molecule has 2 heterocycles. The second kappa shape index (κ2) is 5.86. The van der Waals surface area contributed by atoms with Crippen molar-refractivity contribution in [3.05, 3.63) is 18.5 Å². The van der Waals surface area contributed by atoms with Crippen molar-refractivity contribution in [2.45, 2.75) is 63.6 Å². The predicted octanol–water partition coefficient (Wildman–Crippen LogP) is 2.29. The summed E-state index contributed by atoms with van der Waals surface area (Å²) in [7, 11) is 0. The number of rotatable bonds is 4. The van der Waals surface area contributed by atoms with Gasteiger partial charge in [-0.25, -0.2) is 0 Å². The van der Waals surface area contributed by atoms with E-state index in [1.165, 1.54) is 38.6 Å². The highest BCUT2D eigenvalue weighted by Gasteiger charge is 2.42. The van der Waals surface area contributed by atoms with E-state index in [1.54, 1.807) is 0 Å². The molecule has 0 amide bonds. The van der Waals surface area contributed by atoms with Gasteiger partial charge in [0.15, 0.2) is 0 Å². The normalized spacial score (nSPS) is 35.5. The van der Waals surface area contributed by atoms with Crippen LogP contribution in [0.3, 0.4) is 0 Å².